The van der Waals surface area contributed by atoms with E-state index in [1.165, 1.54) is 0 Å². The summed E-state index contributed by atoms with van der Waals surface area (Å²) in [5.74, 6) is -0.942. The second-order valence-corrected chi connectivity index (χ2v) is 6.68. The van der Waals surface area contributed by atoms with Crippen LogP contribution in [0.4, 0.5) is 11.4 Å². The molecule has 0 bridgehead atoms. The minimum Gasteiger partial charge on any atom is -0.462 e. The number of anilines is 2. The van der Waals surface area contributed by atoms with Gasteiger partial charge in [0, 0.05) is 5.69 Å². The molecule has 0 saturated carbocycles. The SMILES string of the molecule is CCOC(=O)c1ccccc1NC(=O)C[NH+](C)CC(=O)Nc1ccccc1CC. The molecule has 7 heteroatoms. The molecule has 3 N–H and O–H groups in total. The molecule has 0 radical (unpaired) electrons. The van der Waals surface area contributed by atoms with E-state index in [0.29, 0.717) is 11.3 Å². The number of benzene rings is 2. The molecule has 0 aliphatic heterocycles. The van der Waals surface area contributed by atoms with Gasteiger partial charge >= 0.3 is 5.97 Å². The number of ether oxygens (including phenoxy) is 1. The highest BCUT2D eigenvalue weighted by Crippen LogP contribution is 2.16. The smallest absolute Gasteiger partial charge is 0.340 e. The second-order valence-electron chi connectivity index (χ2n) is 6.68. The second kappa shape index (κ2) is 11.0. The Morgan fingerprint density at radius 3 is 2.03 bits per heavy atom. The van der Waals surface area contributed by atoms with Crippen molar-refractivity contribution in [2.24, 2.45) is 0 Å². The number of amides is 2. The third kappa shape index (κ3) is 6.73. The van der Waals surface area contributed by atoms with Crippen molar-refractivity contribution in [2.75, 3.05) is 37.4 Å². The molecule has 1 atom stereocenters. The van der Waals surface area contributed by atoms with E-state index in [1.807, 2.05) is 31.2 Å². The molecular formula is C22H28N3O4+. The Labute approximate surface area is 171 Å². The molecular weight excluding hydrogens is 370 g/mol. The third-order valence-corrected chi connectivity index (χ3v) is 4.29. The van der Waals surface area contributed by atoms with E-state index in [0.717, 1.165) is 22.6 Å². The lowest BCUT2D eigenvalue weighted by atomic mass is 10.1. The topological polar surface area (TPSA) is 88.9 Å². The van der Waals surface area contributed by atoms with Crippen LogP contribution in [0.2, 0.25) is 0 Å². The predicted octanol–water partition coefficient (Wildman–Crippen LogP) is 1.52. The highest BCUT2D eigenvalue weighted by Gasteiger charge is 2.18. The van der Waals surface area contributed by atoms with Gasteiger partial charge in [0.05, 0.1) is 24.9 Å². The van der Waals surface area contributed by atoms with Gasteiger partial charge in [0.2, 0.25) is 0 Å². The van der Waals surface area contributed by atoms with Gasteiger partial charge in [-0.1, -0.05) is 37.3 Å². The number of quaternary nitrogens is 1. The van der Waals surface area contributed by atoms with Crippen LogP contribution in [-0.4, -0.2) is 44.5 Å². The van der Waals surface area contributed by atoms with Gasteiger partial charge in [0.1, 0.15) is 0 Å². The van der Waals surface area contributed by atoms with Crippen molar-refractivity contribution in [1.82, 2.24) is 0 Å². The van der Waals surface area contributed by atoms with Crippen LogP contribution in [0.3, 0.4) is 0 Å². The van der Waals surface area contributed by atoms with Gasteiger partial charge in [-0.2, -0.15) is 0 Å². The third-order valence-electron chi connectivity index (χ3n) is 4.29. The maximum Gasteiger partial charge on any atom is 0.340 e. The van der Waals surface area contributed by atoms with Crippen LogP contribution in [0.5, 0.6) is 0 Å². The number of carbonyl (C=O) groups excluding carboxylic acids is 3. The van der Waals surface area contributed by atoms with Crippen molar-refractivity contribution >= 4 is 29.2 Å². The first-order chi connectivity index (χ1) is 13.9. The zero-order valence-electron chi connectivity index (χ0n) is 17.1. The van der Waals surface area contributed by atoms with Crippen LogP contribution >= 0.6 is 0 Å². The molecule has 0 aromatic heterocycles. The summed E-state index contributed by atoms with van der Waals surface area (Å²) in [6.45, 7) is 4.23. The molecule has 2 aromatic carbocycles. The van der Waals surface area contributed by atoms with Crippen LogP contribution in [0.15, 0.2) is 48.5 Å². The number of para-hydroxylation sites is 2. The van der Waals surface area contributed by atoms with Crippen LogP contribution in [0, 0.1) is 0 Å². The summed E-state index contributed by atoms with van der Waals surface area (Å²) in [7, 11) is 1.77. The Morgan fingerprint density at radius 1 is 0.862 bits per heavy atom. The van der Waals surface area contributed by atoms with Gasteiger partial charge in [0.25, 0.3) is 11.8 Å². The Balaban J connectivity index is 1.91. The predicted molar refractivity (Wildman–Crippen MR) is 112 cm³/mol. The fourth-order valence-corrected chi connectivity index (χ4v) is 2.93. The molecule has 0 spiro atoms. The van der Waals surface area contributed by atoms with Crippen molar-refractivity contribution in [3.63, 3.8) is 0 Å². The summed E-state index contributed by atoms with van der Waals surface area (Å²) in [6.07, 6.45) is 0.821. The van der Waals surface area contributed by atoms with E-state index in [2.05, 4.69) is 10.6 Å². The zero-order chi connectivity index (χ0) is 21.2. The first-order valence-corrected chi connectivity index (χ1v) is 9.69. The molecule has 1 unspecified atom stereocenters. The van der Waals surface area contributed by atoms with Gasteiger partial charge in [-0.15, -0.1) is 0 Å². The van der Waals surface area contributed by atoms with Crippen LogP contribution in [0.25, 0.3) is 0 Å². The molecule has 154 valence electrons. The van der Waals surface area contributed by atoms with Gasteiger partial charge in [0.15, 0.2) is 13.1 Å². The number of esters is 1. The summed E-state index contributed by atoms with van der Waals surface area (Å²) in [5.41, 5.74) is 2.55. The highest BCUT2D eigenvalue weighted by atomic mass is 16.5. The monoisotopic (exact) mass is 398 g/mol. The van der Waals surface area contributed by atoms with E-state index in [9.17, 15) is 14.4 Å². The fraction of sp³-hybridized carbons (Fsp3) is 0.318. The highest BCUT2D eigenvalue weighted by molar-refractivity contribution is 6.01. The first-order valence-electron chi connectivity index (χ1n) is 9.69. The minimum absolute atomic E-state index is 0.0833. The summed E-state index contributed by atoms with van der Waals surface area (Å²) in [4.78, 5) is 37.4. The summed E-state index contributed by atoms with van der Waals surface area (Å²) in [6, 6.07) is 14.3. The van der Waals surface area contributed by atoms with Crippen molar-refractivity contribution < 1.29 is 24.0 Å². The van der Waals surface area contributed by atoms with E-state index in [1.54, 1.807) is 38.2 Å². The Hall–Kier alpha value is -3.19. The number of hydrogen-bond donors (Lipinski definition) is 3. The first kappa shape index (κ1) is 22.1. The molecule has 0 fully saturated rings. The lowest BCUT2D eigenvalue weighted by molar-refractivity contribution is -0.862. The average molecular weight is 398 g/mol. The molecule has 2 rings (SSSR count). The van der Waals surface area contributed by atoms with E-state index in [-0.39, 0.29) is 31.5 Å². The maximum atomic E-state index is 12.4. The largest absolute Gasteiger partial charge is 0.462 e. The number of rotatable bonds is 9. The maximum absolute atomic E-state index is 12.4. The molecule has 0 aliphatic rings. The molecule has 29 heavy (non-hydrogen) atoms. The zero-order valence-corrected chi connectivity index (χ0v) is 17.1. The summed E-state index contributed by atoms with van der Waals surface area (Å²) >= 11 is 0. The summed E-state index contributed by atoms with van der Waals surface area (Å²) < 4.78 is 5.01. The fourth-order valence-electron chi connectivity index (χ4n) is 2.93. The van der Waals surface area contributed by atoms with E-state index in [4.69, 9.17) is 4.74 Å². The average Bonchev–Trinajstić information content (AvgIpc) is 2.68. The van der Waals surface area contributed by atoms with Crippen LogP contribution < -0.4 is 15.5 Å². The molecule has 0 aliphatic carbocycles. The van der Waals surface area contributed by atoms with E-state index >= 15 is 0 Å². The minimum atomic E-state index is -0.488. The molecule has 2 amide bonds. The number of likely N-dealkylation sites (N-methyl/N-ethyl adjacent to an activating group) is 1. The van der Waals surface area contributed by atoms with Gasteiger partial charge < -0.3 is 20.3 Å². The number of nitrogens with one attached hydrogen (secondary N) is 3. The number of hydrogen-bond acceptors (Lipinski definition) is 4. The van der Waals surface area contributed by atoms with Crippen molar-refractivity contribution in [2.45, 2.75) is 20.3 Å². The summed E-state index contributed by atoms with van der Waals surface area (Å²) in [5, 5.41) is 5.63. The molecule has 0 saturated heterocycles. The Bertz CT molecular complexity index is 867. The quantitative estimate of drug-likeness (QED) is 0.559. The van der Waals surface area contributed by atoms with Crippen LogP contribution in [-0.2, 0) is 20.7 Å². The normalized spacial score (nSPS) is 11.4. The van der Waals surface area contributed by atoms with Gasteiger partial charge in [-0.3, -0.25) is 9.59 Å². The molecule has 7 nitrogen and oxygen atoms in total. The van der Waals surface area contributed by atoms with Crippen molar-refractivity contribution in [1.29, 1.82) is 0 Å². The van der Waals surface area contributed by atoms with Crippen molar-refractivity contribution in [3.05, 3.63) is 59.7 Å². The van der Waals surface area contributed by atoms with Gasteiger partial charge in [-0.05, 0) is 37.1 Å². The lowest BCUT2D eigenvalue weighted by Crippen LogP contribution is -3.11. The van der Waals surface area contributed by atoms with Crippen LogP contribution in [0.1, 0.15) is 29.8 Å². The van der Waals surface area contributed by atoms with Crippen molar-refractivity contribution in [3.8, 4) is 0 Å². The Kier molecular flexibility index (Phi) is 8.36. The van der Waals surface area contributed by atoms with E-state index < -0.39 is 5.97 Å². The van der Waals surface area contributed by atoms with Gasteiger partial charge in [-0.25, -0.2) is 4.79 Å². The molecule has 0 heterocycles. The molecule has 2 aromatic rings. The number of carbonyl (C=O) groups is 3. The number of aryl methyl sites for hydroxylation is 1. The standard InChI is InChI=1S/C22H27N3O4/c1-4-16-10-6-8-12-18(16)23-20(26)14-25(3)15-21(27)24-19-13-9-7-11-17(19)22(28)29-5-2/h6-13H,4-5,14-15H2,1-3H3,(H,23,26)(H,24,27)/p+1. The lowest BCUT2D eigenvalue weighted by Gasteiger charge is -2.15. The Morgan fingerprint density at radius 2 is 1.41 bits per heavy atom.